The molecule has 0 saturated carbocycles. The summed E-state index contributed by atoms with van der Waals surface area (Å²) in [7, 11) is 1.78. The zero-order valence-corrected chi connectivity index (χ0v) is 28.6. The lowest BCUT2D eigenvalue weighted by atomic mass is 9.80. The summed E-state index contributed by atoms with van der Waals surface area (Å²) in [5, 5.41) is 11.2. The number of nitrogens with zero attached hydrogens (tertiary/aromatic N) is 2. The van der Waals surface area contributed by atoms with Crippen molar-refractivity contribution in [3.05, 3.63) is 126 Å². The number of methoxy groups -OCH3 is 1. The fourth-order valence-electron chi connectivity index (χ4n) is 5.85. The van der Waals surface area contributed by atoms with Crippen molar-refractivity contribution in [3.63, 3.8) is 0 Å². The first-order valence-electron chi connectivity index (χ1n) is 16.4. The molecular weight excluding hydrogens is 568 g/mol. The van der Waals surface area contributed by atoms with Crippen LogP contribution in [0.3, 0.4) is 0 Å². The molecule has 0 atom stereocenters. The fourth-order valence-corrected chi connectivity index (χ4v) is 5.85. The second-order valence-corrected chi connectivity index (χ2v) is 10.7. The van der Waals surface area contributed by atoms with E-state index >= 15 is 0 Å². The SMILES string of the molecule is CC.CCN(CC)c1ccc(C(OC)(c2ccc(N)cc2)c2ccc(N(CC)CC)cc2)cc1.Nc1c(O)ccc2ccccc12. The highest BCUT2D eigenvalue weighted by Crippen LogP contribution is 2.41. The molecule has 0 aromatic heterocycles. The molecule has 0 aliphatic heterocycles. The summed E-state index contributed by atoms with van der Waals surface area (Å²) in [6.07, 6.45) is 0. The normalized spacial score (nSPS) is 10.8. The van der Waals surface area contributed by atoms with Crippen molar-refractivity contribution in [2.24, 2.45) is 0 Å². The Balaban J connectivity index is 0.000000340. The number of hydrogen-bond acceptors (Lipinski definition) is 6. The number of phenolic OH excluding ortho intramolecular Hbond substituents is 1. The maximum Gasteiger partial charge on any atom is 0.143 e. The number of benzene rings is 5. The van der Waals surface area contributed by atoms with Gasteiger partial charge >= 0.3 is 0 Å². The lowest BCUT2D eigenvalue weighted by Crippen LogP contribution is -2.32. The number of fused-ring (bicyclic) bond motifs is 1. The Bertz CT molecular complexity index is 1550. The Labute approximate surface area is 276 Å². The van der Waals surface area contributed by atoms with Crippen LogP contribution < -0.4 is 21.3 Å². The van der Waals surface area contributed by atoms with Crippen LogP contribution in [0.1, 0.15) is 58.2 Å². The van der Waals surface area contributed by atoms with Crippen LogP contribution in [-0.4, -0.2) is 38.4 Å². The number of rotatable bonds is 10. The first kappa shape index (κ1) is 35.8. The summed E-state index contributed by atoms with van der Waals surface area (Å²) >= 11 is 0. The number of nitrogen functional groups attached to an aromatic ring is 2. The number of hydrogen-bond donors (Lipinski definition) is 3. The number of nitrogens with two attached hydrogens (primary N) is 2. The molecule has 0 aliphatic carbocycles. The van der Waals surface area contributed by atoms with E-state index in [0.29, 0.717) is 5.69 Å². The third-order valence-corrected chi connectivity index (χ3v) is 8.38. The van der Waals surface area contributed by atoms with E-state index < -0.39 is 5.60 Å². The topological polar surface area (TPSA) is 88.0 Å². The van der Waals surface area contributed by atoms with Gasteiger partial charge in [-0.25, -0.2) is 0 Å². The van der Waals surface area contributed by atoms with Gasteiger partial charge in [0.1, 0.15) is 11.4 Å². The number of phenols is 1. The Morgan fingerprint density at radius 2 is 1.00 bits per heavy atom. The molecule has 6 heteroatoms. The molecule has 5 rings (SSSR count). The van der Waals surface area contributed by atoms with Crippen LogP contribution >= 0.6 is 0 Å². The van der Waals surface area contributed by atoms with Gasteiger partial charge in [0.2, 0.25) is 0 Å². The molecule has 0 amide bonds. The van der Waals surface area contributed by atoms with E-state index in [2.05, 4.69) is 98.2 Å². The fraction of sp³-hybridized carbons (Fsp3) is 0.300. The molecular formula is C40H52N4O2. The minimum absolute atomic E-state index is 0.147. The molecule has 0 spiro atoms. The van der Waals surface area contributed by atoms with Gasteiger partial charge in [-0.2, -0.15) is 0 Å². The smallest absolute Gasteiger partial charge is 0.143 e. The van der Waals surface area contributed by atoms with Gasteiger partial charge in [0.05, 0.1) is 5.69 Å². The number of anilines is 4. The molecule has 46 heavy (non-hydrogen) atoms. The van der Waals surface area contributed by atoms with Crippen molar-refractivity contribution in [2.75, 3.05) is 54.6 Å². The van der Waals surface area contributed by atoms with Gasteiger partial charge in [0, 0.05) is 55.7 Å². The molecule has 5 aromatic carbocycles. The van der Waals surface area contributed by atoms with E-state index in [1.165, 1.54) is 11.4 Å². The number of ether oxygens (including phenoxy) is 1. The molecule has 0 fully saturated rings. The summed E-state index contributed by atoms with van der Waals surface area (Å²) in [6.45, 7) is 16.7. The zero-order valence-electron chi connectivity index (χ0n) is 28.6. The van der Waals surface area contributed by atoms with Gasteiger partial charge in [-0.1, -0.05) is 80.6 Å². The highest BCUT2D eigenvalue weighted by atomic mass is 16.5. The van der Waals surface area contributed by atoms with Crippen LogP contribution in [0.15, 0.2) is 109 Å². The predicted molar refractivity (Wildman–Crippen MR) is 199 cm³/mol. The summed E-state index contributed by atoms with van der Waals surface area (Å²) < 4.78 is 6.37. The van der Waals surface area contributed by atoms with Crippen LogP contribution in [0.5, 0.6) is 5.75 Å². The minimum atomic E-state index is -0.725. The summed E-state index contributed by atoms with van der Waals surface area (Å²) in [6, 6.07) is 36.7. The maximum absolute atomic E-state index is 9.29. The molecule has 0 radical (unpaired) electrons. The van der Waals surface area contributed by atoms with Crippen LogP contribution in [0.2, 0.25) is 0 Å². The average molecular weight is 621 g/mol. The molecule has 0 heterocycles. The van der Waals surface area contributed by atoms with E-state index in [0.717, 1.165) is 59.3 Å². The molecule has 0 saturated heterocycles. The first-order chi connectivity index (χ1) is 22.3. The zero-order chi connectivity index (χ0) is 33.7. The van der Waals surface area contributed by atoms with Crippen LogP contribution in [0, 0.1) is 0 Å². The standard InChI is InChI=1S/C28H37N3O.C10H9NO.C2H6/c1-6-30(7-2)26-18-12-23(13-19-26)28(32-5,22-10-16-25(29)17-11-22)24-14-20-27(21-15-24)31(8-3)9-4;11-10-8-4-2-1-3-7(8)5-6-9(10)12;1-2/h10-21H,6-9,29H2,1-5H3;1-6,12H,11H2;1-2H3. The lowest BCUT2D eigenvalue weighted by molar-refractivity contribution is 0.0585. The van der Waals surface area contributed by atoms with Crippen molar-refractivity contribution >= 4 is 33.5 Å². The highest BCUT2D eigenvalue weighted by molar-refractivity contribution is 5.95. The first-order valence-corrected chi connectivity index (χ1v) is 16.4. The average Bonchev–Trinajstić information content (AvgIpc) is 3.11. The monoisotopic (exact) mass is 620 g/mol. The molecule has 0 aliphatic rings. The number of aromatic hydroxyl groups is 1. The van der Waals surface area contributed by atoms with Gasteiger partial charge in [0.15, 0.2) is 0 Å². The van der Waals surface area contributed by atoms with Crippen molar-refractivity contribution in [2.45, 2.75) is 47.1 Å². The van der Waals surface area contributed by atoms with Gasteiger partial charge < -0.3 is 31.1 Å². The van der Waals surface area contributed by atoms with E-state index in [1.54, 1.807) is 13.2 Å². The Morgan fingerprint density at radius 1 is 0.587 bits per heavy atom. The molecule has 5 aromatic rings. The summed E-state index contributed by atoms with van der Waals surface area (Å²) in [5.41, 5.74) is 17.8. The Kier molecular flexibility index (Phi) is 13.3. The van der Waals surface area contributed by atoms with Crippen molar-refractivity contribution in [1.82, 2.24) is 0 Å². The lowest BCUT2D eigenvalue weighted by Gasteiger charge is -2.35. The third-order valence-electron chi connectivity index (χ3n) is 8.38. The van der Waals surface area contributed by atoms with Crippen molar-refractivity contribution in [1.29, 1.82) is 0 Å². The minimum Gasteiger partial charge on any atom is -0.506 e. The van der Waals surface area contributed by atoms with E-state index in [1.807, 2.05) is 56.3 Å². The van der Waals surface area contributed by atoms with Gasteiger partial charge in [-0.15, -0.1) is 0 Å². The highest BCUT2D eigenvalue weighted by Gasteiger charge is 2.36. The van der Waals surface area contributed by atoms with Crippen LogP contribution in [0.25, 0.3) is 10.8 Å². The van der Waals surface area contributed by atoms with Crippen molar-refractivity contribution in [3.8, 4) is 5.75 Å². The molecule has 0 bridgehead atoms. The van der Waals surface area contributed by atoms with Gasteiger partial charge in [0.25, 0.3) is 0 Å². The summed E-state index contributed by atoms with van der Waals surface area (Å²) in [4.78, 5) is 4.70. The van der Waals surface area contributed by atoms with E-state index in [9.17, 15) is 5.11 Å². The van der Waals surface area contributed by atoms with Crippen LogP contribution in [-0.2, 0) is 10.3 Å². The van der Waals surface area contributed by atoms with E-state index in [4.69, 9.17) is 16.2 Å². The third kappa shape index (κ3) is 7.75. The Morgan fingerprint density at radius 3 is 1.41 bits per heavy atom. The largest absolute Gasteiger partial charge is 0.506 e. The quantitative estimate of drug-likeness (QED) is 0.0820. The second-order valence-electron chi connectivity index (χ2n) is 10.7. The van der Waals surface area contributed by atoms with Gasteiger partial charge in [-0.05, 0) is 92.2 Å². The van der Waals surface area contributed by atoms with Crippen molar-refractivity contribution < 1.29 is 9.84 Å². The second kappa shape index (κ2) is 17.1. The van der Waals surface area contributed by atoms with Crippen LogP contribution in [0.4, 0.5) is 22.7 Å². The maximum atomic E-state index is 9.29. The molecule has 244 valence electrons. The molecule has 6 nitrogen and oxygen atoms in total. The molecule has 5 N–H and O–H groups in total. The van der Waals surface area contributed by atoms with E-state index in [-0.39, 0.29) is 5.75 Å². The predicted octanol–water partition coefficient (Wildman–Crippen LogP) is 9.05. The van der Waals surface area contributed by atoms with Gasteiger partial charge in [-0.3, -0.25) is 0 Å². The Hall–Kier alpha value is -4.68. The molecule has 0 unspecified atom stereocenters. The summed E-state index contributed by atoms with van der Waals surface area (Å²) in [5.74, 6) is 0.147.